The molecule has 2 aromatic rings. The summed E-state index contributed by atoms with van der Waals surface area (Å²) in [5, 5.41) is 2.98. The Hall–Kier alpha value is -1.40. The third-order valence-electron chi connectivity index (χ3n) is 3.49. The summed E-state index contributed by atoms with van der Waals surface area (Å²) in [6.45, 7) is 1.83. The van der Waals surface area contributed by atoms with Gasteiger partial charge in [0.25, 0.3) is 0 Å². The van der Waals surface area contributed by atoms with Crippen molar-refractivity contribution in [2.24, 2.45) is 5.92 Å². The molecule has 100 valence electrons. The Morgan fingerprint density at radius 1 is 1.53 bits per heavy atom. The maximum absolute atomic E-state index is 12.1. The number of rotatable bonds is 2. The highest BCUT2D eigenvalue weighted by Gasteiger charge is 2.26. The van der Waals surface area contributed by atoms with Crippen LogP contribution in [0.15, 0.2) is 29.1 Å². The molecule has 1 unspecified atom stereocenters. The SMILES string of the molecule is CN1CCC(C(=O)Nc2ccc3ncc(Br)n3c2)C1. The highest BCUT2D eigenvalue weighted by molar-refractivity contribution is 9.10. The first-order valence-corrected chi connectivity index (χ1v) is 7.05. The van der Waals surface area contributed by atoms with Crippen molar-refractivity contribution < 1.29 is 4.79 Å². The second-order valence-corrected chi connectivity index (χ2v) is 5.78. The number of aromatic nitrogens is 2. The Bertz CT molecular complexity index is 624. The third-order valence-corrected chi connectivity index (χ3v) is 4.08. The van der Waals surface area contributed by atoms with Crippen LogP contribution in [0.3, 0.4) is 0 Å². The minimum Gasteiger partial charge on any atom is -0.324 e. The van der Waals surface area contributed by atoms with Crippen molar-refractivity contribution in [1.82, 2.24) is 14.3 Å². The number of amides is 1. The van der Waals surface area contributed by atoms with Crippen LogP contribution >= 0.6 is 15.9 Å². The summed E-state index contributed by atoms with van der Waals surface area (Å²) >= 11 is 3.42. The summed E-state index contributed by atoms with van der Waals surface area (Å²) in [4.78, 5) is 18.5. The van der Waals surface area contributed by atoms with Crippen molar-refractivity contribution in [3.63, 3.8) is 0 Å². The van der Waals surface area contributed by atoms with E-state index in [0.717, 1.165) is 35.4 Å². The van der Waals surface area contributed by atoms with Crippen LogP contribution in [0.2, 0.25) is 0 Å². The highest BCUT2D eigenvalue weighted by Crippen LogP contribution is 2.19. The highest BCUT2D eigenvalue weighted by atomic mass is 79.9. The molecule has 5 nitrogen and oxygen atoms in total. The van der Waals surface area contributed by atoms with Crippen molar-refractivity contribution in [3.8, 4) is 0 Å². The smallest absolute Gasteiger partial charge is 0.228 e. The van der Waals surface area contributed by atoms with Gasteiger partial charge in [-0.3, -0.25) is 9.20 Å². The largest absolute Gasteiger partial charge is 0.324 e. The van der Waals surface area contributed by atoms with Crippen LogP contribution in [0, 0.1) is 5.92 Å². The summed E-state index contributed by atoms with van der Waals surface area (Å²) in [6.07, 6.45) is 4.55. The molecule has 2 aromatic heterocycles. The van der Waals surface area contributed by atoms with Gasteiger partial charge in [-0.15, -0.1) is 0 Å². The predicted octanol–water partition coefficient (Wildman–Crippen LogP) is 1.99. The Morgan fingerprint density at radius 2 is 2.37 bits per heavy atom. The van der Waals surface area contributed by atoms with Gasteiger partial charge in [0.05, 0.1) is 17.8 Å². The lowest BCUT2D eigenvalue weighted by atomic mass is 10.1. The van der Waals surface area contributed by atoms with E-state index in [1.165, 1.54) is 0 Å². The van der Waals surface area contributed by atoms with Crippen LogP contribution in [-0.2, 0) is 4.79 Å². The molecule has 0 saturated carbocycles. The van der Waals surface area contributed by atoms with E-state index in [0.29, 0.717) is 0 Å². The Balaban J connectivity index is 1.77. The van der Waals surface area contributed by atoms with Crippen molar-refractivity contribution in [2.45, 2.75) is 6.42 Å². The number of halogens is 1. The van der Waals surface area contributed by atoms with Gasteiger partial charge in [0.15, 0.2) is 0 Å². The fraction of sp³-hybridized carbons (Fsp3) is 0.385. The number of hydrogen-bond acceptors (Lipinski definition) is 3. The molecule has 1 amide bonds. The molecular weight excluding hydrogens is 308 g/mol. The van der Waals surface area contributed by atoms with Crippen LogP contribution in [-0.4, -0.2) is 40.3 Å². The number of nitrogens with zero attached hydrogens (tertiary/aromatic N) is 3. The van der Waals surface area contributed by atoms with Crippen LogP contribution in [0.4, 0.5) is 5.69 Å². The molecule has 19 heavy (non-hydrogen) atoms. The van der Waals surface area contributed by atoms with Gasteiger partial charge >= 0.3 is 0 Å². The predicted molar refractivity (Wildman–Crippen MR) is 77.1 cm³/mol. The molecule has 3 rings (SSSR count). The normalized spacial score (nSPS) is 20.0. The maximum Gasteiger partial charge on any atom is 0.228 e. The lowest BCUT2D eigenvalue weighted by Gasteiger charge is -2.11. The first-order chi connectivity index (χ1) is 9.13. The standard InChI is InChI=1S/C13H15BrN4O/c1-17-5-4-9(7-17)13(19)16-10-2-3-12-15-6-11(14)18(12)8-10/h2-3,6,8-9H,4-5,7H2,1H3,(H,16,19). The van der Waals surface area contributed by atoms with E-state index in [1.54, 1.807) is 6.20 Å². The van der Waals surface area contributed by atoms with Gasteiger partial charge in [0.2, 0.25) is 5.91 Å². The topological polar surface area (TPSA) is 49.6 Å². The third kappa shape index (κ3) is 2.50. The van der Waals surface area contributed by atoms with Crippen molar-refractivity contribution in [3.05, 3.63) is 29.1 Å². The van der Waals surface area contributed by atoms with E-state index in [4.69, 9.17) is 0 Å². The Labute approximate surface area is 119 Å². The van der Waals surface area contributed by atoms with Gasteiger partial charge in [0, 0.05) is 12.7 Å². The summed E-state index contributed by atoms with van der Waals surface area (Å²) in [7, 11) is 2.04. The van der Waals surface area contributed by atoms with Gasteiger partial charge in [0.1, 0.15) is 10.3 Å². The van der Waals surface area contributed by atoms with Crippen molar-refractivity contribution >= 4 is 33.2 Å². The van der Waals surface area contributed by atoms with E-state index in [2.05, 4.69) is 31.1 Å². The van der Waals surface area contributed by atoms with E-state index >= 15 is 0 Å². The molecule has 0 aliphatic carbocycles. The van der Waals surface area contributed by atoms with Crippen molar-refractivity contribution in [1.29, 1.82) is 0 Å². The molecule has 0 aromatic carbocycles. The van der Waals surface area contributed by atoms with Crippen molar-refractivity contribution in [2.75, 3.05) is 25.5 Å². The monoisotopic (exact) mass is 322 g/mol. The fourth-order valence-electron chi connectivity index (χ4n) is 2.42. The van der Waals surface area contributed by atoms with Crippen LogP contribution < -0.4 is 5.32 Å². The Kier molecular flexibility index (Phi) is 3.28. The quantitative estimate of drug-likeness (QED) is 0.919. The molecule has 0 radical (unpaired) electrons. The second kappa shape index (κ2) is 4.94. The number of nitrogens with one attached hydrogen (secondary N) is 1. The number of imidazole rings is 1. The molecule has 1 atom stereocenters. The van der Waals surface area contributed by atoms with E-state index in [1.807, 2.05) is 29.8 Å². The fourth-order valence-corrected chi connectivity index (χ4v) is 2.80. The number of anilines is 1. The lowest BCUT2D eigenvalue weighted by molar-refractivity contribution is -0.119. The molecule has 1 aliphatic rings. The molecule has 3 heterocycles. The molecule has 0 spiro atoms. The second-order valence-electron chi connectivity index (χ2n) is 4.96. The van der Waals surface area contributed by atoms with Gasteiger partial charge < -0.3 is 10.2 Å². The molecule has 1 fully saturated rings. The molecule has 1 saturated heterocycles. The average molecular weight is 323 g/mol. The zero-order valence-corrected chi connectivity index (χ0v) is 12.2. The number of likely N-dealkylation sites (tertiary alicyclic amines) is 1. The molecule has 0 bridgehead atoms. The van der Waals surface area contributed by atoms with E-state index < -0.39 is 0 Å². The average Bonchev–Trinajstić information content (AvgIpc) is 2.97. The van der Waals surface area contributed by atoms with E-state index in [-0.39, 0.29) is 11.8 Å². The molecule has 6 heteroatoms. The van der Waals surface area contributed by atoms with E-state index in [9.17, 15) is 4.79 Å². The first kappa shape index (κ1) is 12.6. The summed E-state index contributed by atoms with van der Waals surface area (Å²) in [5.74, 6) is 0.187. The van der Waals surface area contributed by atoms with Gasteiger partial charge in [-0.2, -0.15) is 0 Å². The van der Waals surface area contributed by atoms with Gasteiger partial charge in [-0.05, 0) is 48.1 Å². The van der Waals surface area contributed by atoms with Crippen LogP contribution in [0.5, 0.6) is 0 Å². The Morgan fingerprint density at radius 3 is 3.11 bits per heavy atom. The number of hydrogen-bond donors (Lipinski definition) is 1. The summed E-state index contributed by atoms with van der Waals surface area (Å²) in [5.41, 5.74) is 1.65. The zero-order chi connectivity index (χ0) is 13.4. The number of fused-ring (bicyclic) bond motifs is 1. The first-order valence-electron chi connectivity index (χ1n) is 6.25. The maximum atomic E-state index is 12.1. The minimum absolute atomic E-state index is 0.0897. The van der Waals surface area contributed by atoms with Crippen LogP contribution in [0.25, 0.3) is 5.65 Å². The number of carbonyl (C=O) groups is 1. The molecule has 1 N–H and O–H groups in total. The van der Waals surface area contributed by atoms with Gasteiger partial charge in [-0.25, -0.2) is 4.98 Å². The van der Waals surface area contributed by atoms with Crippen LogP contribution in [0.1, 0.15) is 6.42 Å². The number of carbonyl (C=O) groups excluding carboxylic acids is 1. The zero-order valence-electron chi connectivity index (χ0n) is 10.6. The summed E-state index contributed by atoms with van der Waals surface area (Å²) < 4.78 is 2.77. The number of pyridine rings is 1. The molecule has 1 aliphatic heterocycles. The molecular formula is C13H15BrN4O. The minimum atomic E-state index is 0.0897. The van der Waals surface area contributed by atoms with Gasteiger partial charge in [-0.1, -0.05) is 0 Å². The summed E-state index contributed by atoms with van der Waals surface area (Å²) in [6, 6.07) is 3.77. The lowest BCUT2D eigenvalue weighted by Crippen LogP contribution is -2.25.